The summed E-state index contributed by atoms with van der Waals surface area (Å²) in [7, 11) is 0. The van der Waals surface area contributed by atoms with Crippen molar-refractivity contribution in [2.24, 2.45) is 11.7 Å². The Balaban J connectivity index is 2.35. The summed E-state index contributed by atoms with van der Waals surface area (Å²) < 4.78 is 5.17. The summed E-state index contributed by atoms with van der Waals surface area (Å²) >= 11 is 4.98. The summed E-state index contributed by atoms with van der Waals surface area (Å²) in [5.41, 5.74) is 5.62. The van der Waals surface area contributed by atoms with E-state index in [9.17, 15) is 4.79 Å². The molecule has 0 aromatic carbocycles. The molecule has 2 N–H and O–H groups in total. The predicted octanol–water partition coefficient (Wildman–Crippen LogP) is 0.938. The first kappa shape index (κ1) is 13.4. The molecular formula is C11H20N2O2S. The molecule has 1 unspecified atom stereocenters. The molecule has 92 valence electrons. The predicted molar refractivity (Wildman–Crippen MR) is 67.2 cm³/mol. The molecule has 0 saturated carbocycles. The van der Waals surface area contributed by atoms with Crippen molar-refractivity contribution in [3.05, 3.63) is 0 Å². The van der Waals surface area contributed by atoms with Crippen molar-refractivity contribution in [1.29, 1.82) is 0 Å². The maximum absolute atomic E-state index is 11.8. The van der Waals surface area contributed by atoms with Crippen LogP contribution in [0.5, 0.6) is 0 Å². The minimum Gasteiger partial charge on any atom is -0.393 e. The zero-order chi connectivity index (χ0) is 12.0. The molecule has 16 heavy (non-hydrogen) atoms. The van der Waals surface area contributed by atoms with Gasteiger partial charge in [0.25, 0.3) is 0 Å². The highest BCUT2D eigenvalue weighted by atomic mass is 32.1. The summed E-state index contributed by atoms with van der Waals surface area (Å²) in [6.45, 7) is 4.59. The zero-order valence-corrected chi connectivity index (χ0v) is 10.6. The third-order valence-electron chi connectivity index (χ3n) is 2.84. The van der Waals surface area contributed by atoms with Gasteiger partial charge in [0.2, 0.25) is 5.91 Å². The third kappa shape index (κ3) is 4.06. The van der Waals surface area contributed by atoms with Crippen molar-refractivity contribution in [2.45, 2.75) is 26.2 Å². The molecule has 0 radical (unpaired) electrons. The maximum Gasteiger partial charge on any atom is 0.224 e. The van der Waals surface area contributed by atoms with Crippen molar-refractivity contribution >= 4 is 23.1 Å². The first-order valence-corrected chi connectivity index (χ1v) is 6.20. The van der Waals surface area contributed by atoms with Crippen LogP contribution in [-0.4, -0.2) is 42.1 Å². The van der Waals surface area contributed by atoms with E-state index in [1.807, 2.05) is 11.8 Å². The number of ether oxygens (including phenoxy) is 1. The van der Waals surface area contributed by atoms with Gasteiger partial charge in [-0.1, -0.05) is 12.2 Å². The molecule has 0 spiro atoms. The number of rotatable bonds is 5. The monoisotopic (exact) mass is 244 g/mol. The Morgan fingerprint density at radius 3 is 3.00 bits per heavy atom. The van der Waals surface area contributed by atoms with E-state index in [0.29, 0.717) is 31.2 Å². The Hall–Kier alpha value is -0.680. The van der Waals surface area contributed by atoms with Crippen molar-refractivity contribution in [3.63, 3.8) is 0 Å². The van der Waals surface area contributed by atoms with Crippen LogP contribution in [0.2, 0.25) is 0 Å². The van der Waals surface area contributed by atoms with Gasteiger partial charge >= 0.3 is 0 Å². The van der Waals surface area contributed by atoms with Gasteiger partial charge in [-0.05, 0) is 19.8 Å². The Labute approximate surface area is 102 Å². The van der Waals surface area contributed by atoms with Crippen molar-refractivity contribution in [1.82, 2.24) is 4.90 Å². The molecule has 1 saturated heterocycles. The summed E-state index contributed by atoms with van der Waals surface area (Å²) in [6.07, 6.45) is 2.45. The Bertz CT molecular complexity index is 258. The van der Waals surface area contributed by atoms with Crippen LogP contribution in [0, 0.1) is 5.92 Å². The van der Waals surface area contributed by atoms with Crippen LogP contribution >= 0.6 is 12.2 Å². The fraction of sp³-hybridized carbons (Fsp3) is 0.818. The van der Waals surface area contributed by atoms with Crippen LogP contribution in [0.4, 0.5) is 0 Å². The first-order chi connectivity index (χ1) is 7.65. The second-order valence-corrected chi connectivity index (χ2v) is 4.50. The summed E-state index contributed by atoms with van der Waals surface area (Å²) in [5, 5.41) is 0. The molecule has 1 fully saturated rings. The Kier molecular flexibility index (Phi) is 5.69. The molecule has 1 heterocycles. The number of amides is 1. The first-order valence-electron chi connectivity index (χ1n) is 5.80. The van der Waals surface area contributed by atoms with E-state index >= 15 is 0 Å². The number of carbonyl (C=O) groups excluding carboxylic acids is 1. The smallest absolute Gasteiger partial charge is 0.224 e. The molecule has 1 rings (SSSR count). The highest BCUT2D eigenvalue weighted by Crippen LogP contribution is 2.17. The lowest BCUT2D eigenvalue weighted by Gasteiger charge is -2.32. The Morgan fingerprint density at radius 1 is 1.62 bits per heavy atom. The SMILES string of the molecule is CCOCCC(=O)N1CCCC(C(N)=S)C1. The second kappa shape index (κ2) is 6.81. The van der Waals surface area contributed by atoms with Gasteiger partial charge in [0.15, 0.2) is 0 Å². The van der Waals surface area contributed by atoms with Gasteiger partial charge in [0, 0.05) is 25.6 Å². The molecule has 1 aliphatic rings. The number of thiocarbonyl (C=S) groups is 1. The number of hydrogen-bond donors (Lipinski definition) is 1. The number of hydrogen-bond acceptors (Lipinski definition) is 3. The molecule has 0 aromatic rings. The summed E-state index contributed by atoms with van der Waals surface area (Å²) in [5.74, 6) is 0.342. The highest BCUT2D eigenvalue weighted by Gasteiger charge is 2.24. The number of nitrogens with zero attached hydrogens (tertiary/aromatic N) is 1. The minimum atomic E-state index is 0.148. The third-order valence-corrected chi connectivity index (χ3v) is 3.17. The van der Waals surface area contributed by atoms with E-state index in [1.54, 1.807) is 0 Å². The summed E-state index contributed by atoms with van der Waals surface area (Å²) in [4.78, 5) is 14.2. The molecule has 5 heteroatoms. The van der Waals surface area contributed by atoms with Crippen molar-refractivity contribution in [2.75, 3.05) is 26.3 Å². The largest absolute Gasteiger partial charge is 0.393 e. The van der Waals surface area contributed by atoms with Crippen LogP contribution in [-0.2, 0) is 9.53 Å². The van der Waals surface area contributed by atoms with Crippen LogP contribution < -0.4 is 5.73 Å². The van der Waals surface area contributed by atoms with Gasteiger partial charge in [-0.3, -0.25) is 4.79 Å². The van der Waals surface area contributed by atoms with Gasteiger partial charge in [0.1, 0.15) is 0 Å². The van der Waals surface area contributed by atoms with Crippen LogP contribution in [0.15, 0.2) is 0 Å². The molecule has 1 atom stereocenters. The lowest BCUT2D eigenvalue weighted by Crippen LogP contribution is -2.43. The topological polar surface area (TPSA) is 55.6 Å². The van der Waals surface area contributed by atoms with Crippen LogP contribution in [0.1, 0.15) is 26.2 Å². The lowest BCUT2D eigenvalue weighted by molar-refractivity contribution is -0.133. The van der Waals surface area contributed by atoms with Crippen LogP contribution in [0.3, 0.4) is 0 Å². The van der Waals surface area contributed by atoms with E-state index in [4.69, 9.17) is 22.7 Å². The van der Waals surface area contributed by atoms with Crippen molar-refractivity contribution in [3.8, 4) is 0 Å². The molecular weight excluding hydrogens is 224 g/mol. The molecule has 0 bridgehead atoms. The average molecular weight is 244 g/mol. The fourth-order valence-electron chi connectivity index (χ4n) is 1.90. The standard InChI is InChI=1S/C11H20N2O2S/c1-2-15-7-5-10(14)13-6-3-4-9(8-13)11(12)16/h9H,2-8H2,1H3,(H2,12,16). The molecule has 4 nitrogen and oxygen atoms in total. The molecule has 1 amide bonds. The van der Waals surface area contributed by atoms with Crippen molar-refractivity contribution < 1.29 is 9.53 Å². The van der Waals surface area contributed by atoms with E-state index in [-0.39, 0.29) is 11.8 Å². The van der Waals surface area contributed by atoms with Gasteiger partial charge < -0.3 is 15.4 Å². The molecule has 0 aliphatic carbocycles. The maximum atomic E-state index is 11.8. The van der Waals surface area contributed by atoms with E-state index in [0.717, 1.165) is 19.4 Å². The number of nitrogens with two attached hydrogens (primary N) is 1. The van der Waals surface area contributed by atoms with Gasteiger partial charge in [-0.25, -0.2) is 0 Å². The number of likely N-dealkylation sites (tertiary alicyclic amines) is 1. The number of carbonyl (C=O) groups is 1. The lowest BCUT2D eigenvalue weighted by atomic mass is 9.98. The van der Waals surface area contributed by atoms with Gasteiger partial charge in [0.05, 0.1) is 18.0 Å². The summed E-state index contributed by atoms with van der Waals surface area (Å²) in [6, 6.07) is 0. The Morgan fingerprint density at radius 2 is 2.38 bits per heavy atom. The average Bonchev–Trinajstić information content (AvgIpc) is 2.29. The zero-order valence-electron chi connectivity index (χ0n) is 9.78. The number of piperidine rings is 1. The minimum absolute atomic E-state index is 0.148. The van der Waals surface area contributed by atoms with E-state index in [1.165, 1.54) is 0 Å². The fourth-order valence-corrected chi connectivity index (χ4v) is 2.09. The van der Waals surface area contributed by atoms with E-state index in [2.05, 4.69) is 0 Å². The normalized spacial score (nSPS) is 20.8. The van der Waals surface area contributed by atoms with Crippen LogP contribution in [0.25, 0.3) is 0 Å². The van der Waals surface area contributed by atoms with E-state index < -0.39 is 0 Å². The molecule has 1 aliphatic heterocycles. The highest BCUT2D eigenvalue weighted by molar-refractivity contribution is 7.80. The molecule has 0 aromatic heterocycles. The van der Waals surface area contributed by atoms with Gasteiger partial charge in [-0.2, -0.15) is 0 Å². The quantitative estimate of drug-likeness (QED) is 0.577. The van der Waals surface area contributed by atoms with Gasteiger partial charge in [-0.15, -0.1) is 0 Å². The second-order valence-electron chi connectivity index (χ2n) is 4.03.